The van der Waals surface area contributed by atoms with Crippen LogP contribution in [-0.4, -0.2) is 12.1 Å². The first-order valence-corrected chi connectivity index (χ1v) is 7.00. The van der Waals surface area contributed by atoms with Gasteiger partial charge in [-0.3, -0.25) is 0 Å². The Kier molecular flexibility index (Phi) is 6.00. The van der Waals surface area contributed by atoms with Crippen molar-refractivity contribution in [3.05, 3.63) is 28.2 Å². The van der Waals surface area contributed by atoms with Crippen molar-refractivity contribution < 1.29 is 4.74 Å². The summed E-state index contributed by atoms with van der Waals surface area (Å²) in [7, 11) is 0. The molecule has 1 N–H and O–H groups in total. The van der Waals surface area contributed by atoms with E-state index in [9.17, 15) is 0 Å². The van der Waals surface area contributed by atoms with E-state index in [1.807, 2.05) is 26.0 Å². The van der Waals surface area contributed by atoms with E-state index in [0.717, 1.165) is 23.2 Å². The van der Waals surface area contributed by atoms with Gasteiger partial charge < -0.3 is 10.1 Å². The van der Waals surface area contributed by atoms with Crippen LogP contribution in [0.15, 0.2) is 22.7 Å². The van der Waals surface area contributed by atoms with Crippen LogP contribution >= 0.6 is 15.9 Å². The molecule has 1 unspecified atom stereocenters. The monoisotopic (exact) mass is 299 g/mol. The van der Waals surface area contributed by atoms with Crippen LogP contribution in [0.3, 0.4) is 0 Å². The van der Waals surface area contributed by atoms with Crippen molar-refractivity contribution in [3.8, 4) is 5.75 Å². The van der Waals surface area contributed by atoms with Gasteiger partial charge in [0.1, 0.15) is 5.75 Å². The highest BCUT2D eigenvalue weighted by molar-refractivity contribution is 9.10. The molecule has 1 aromatic carbocycles. The fourth-order valence-corrected chi connectivity index (χ4v) is 1.89. The maximum absolute atomic E-state index is 5.81. The predicted octanol–water partition coefficient (Wildman–Crippen LogP) is 4.12. The highest BCUT2D eigenvalue weighted by Crippen LogP contribution is 2.24. The number of benzene rings is 1. The average molecular weight is 300 g/mol. The molecular weight excluding hydrogens is 278 g/mol. The molecule has 17 heavy (non-hydrogen) atoms. The molecule has 2 nitrogen and oxygen atoms in total. The lowest BCUT2D eigenvalue weighted by Crippen LogP contribution is -2.25. The Morgan fingerprint density at radius 3 is 2.59 bits per heavy atom. The minimum absolute atomic E-state index is 0.207. The smallest absolute Gasteiger partial charge is 0.124 e. The second kappa shape index (κ2) is 7.02. The van der Waals surface area contributed by atoms with Crippen LogP contribution in [-0.2, 0) is 6.54 Å². The third kappa shape index (κ3) is 5.09. The normalized spacial score (nSPS) is 12.8. The summed E-state index contributed by atoms with van der Waals surface area (Å²) in [6, 6.07) is 6.69. The van der Waals surface area contributed by atoms with Crippen molar-refractivity contribution in [2.45, 2.75) is 52.8 Å². The van der Waals surface area contributed by atoms with Gasteiger partial charge in [-0.25, -0.2) is 0 Å². The van der Waals surface area contributed by atoms with E-state index in [-0.39, 0.29) is 6.10 Å². The number of rotatable bonds is 6. The van der Waals surface area contributed by atoms with Crippen LogP contribution < -0.4 is 10.1 Å². The van der Waals surface area contributed by atoms with E-state index in [1.54, 1.807) is 0 Å². The van der Waals surface area contributed by atoms with E-state index in [0.29, 0.717) is 6.04 Å². The molecule has 0 saturated carbocycles. The molecule has 0 amide bonds. The average Bonchev–Trinajstić information content (AvgIpc) is 2.28. The molecule has 0 radical (unpaired) electrons. The summed E-state index contributed by atoms with van der Waals surface area (Å²) < 4.78 is 6.90. The van der Waals surface area contributed by atoms with Gasteiger partial charge in [0.25, 0.3) is 0 Å². The van der Waals surface area contributed by atoms with Gasteiger partial charge >= 0.3 is 0 Å². The summed E-state index contributed by atoms with van der Waals surface area (Å²) in [5, 5.41) is 3.49. The lowest BCUT2D eigenvalue weighted by molar-refractivity contribution is 0.239. The summed E-state index contributed by atoms with van der Waals surface area (Å²) >= 11 is 3.50. The van der Waals surface area contributed by atoms with Crippen LogP contribution in [0.1, 0.15) is 39.7 Å². The summed E-state index contributed by atoms with van der Waals surface area (Å²) in [5.41, 5.74) is 1.20. The molecule has 0 heterocycles. The van der Waals surface area contributed by atoms with Crippen molar-refractivity contribution in [1.82, 2.24) is 5.32 Å². The molecule has 0 spiro atoms. The lowest BCUT2D eigenvalue weighted by atomic mass is 10.1. The Balaban J connectivity index is 2.76. The minimum Gasteiger partial charge on any atom is -0.491 e. The second-order valence-electron chi connectivity index (χ2n) is 4.61. The third-order valence-electron chi connectivity index (χ3n) is 2.64. The van der Waals surface area contributed by atoms with E-state index in [4.69, 9.17) is 4.74 Å². The van der Waals surface area contributed by atoms with Crippen molar-refractivity contribution >= 4 is 15.9 Å². The number of halogens is 1. The van der Waals surface area contributed by atoms with Crippen molar-refractivity contribution in [1.29, 1.82) is 0 Å². The first kappa shape index (κ1) is 14.5. The van der Waals surface area contributed by atoms with E-state index < -0.39 is 0 Å². The van der Waals surface area contributed by atoms with Gasteiger partial charge in [-0.05, 0) is 45.4 Å². The second-order valence-corrected chi connectivity index (χ2v) is 5.52. The molecule has 1 rings (SSSR count). The maximum atomic E-state index is 5.81. The molecule has 0 fully saturated rings. The Morgan fingerprint density at radius 1 is 1.29 bits per heavy atom. The number of nitrogens with one attached hydrogen (secondary N) is 1. The van der Waals surface area contributed by atoms with Crippen molar-refractivity contribution in [2.24, 2.45) is 0 Å². The highest BCUT2D eigenvalue weighted by atomic mass is 79.9. The zero-order valence-electron chi connectivity index (χ0n) is 11.1. The Hall–Kier alpha value is -0.540. The first-order chi connectivity index (χ1) is 8.02. The molecule has 3 heteroatoms. The predicted molar refractivity (Wildman–Crippen MR) is 76.5 cm³/mol. The van der Waals surface area contributed by atoms with E-state index in [2.05, 4.69) is 41.2 Å². The van der Waals surface area contributed by atoms with Gasteiger partial charge in [0, 0.05) is 22.6 Å². The molecule has 0 aliphatic carbocycles. The maximum Gasteiger partial charge on any atom is 0.124 e. The Labute approximate surface area is 113 Å². The van der Waals surface area contributed by atoms with Crippen molar-refractivity contribution in [3.63, 3.8) is 0 Å². The fourth-order valence-electron chi connectivity index (χ4n) is 1.48. The standard InChI is InChI=1S/C14H22BrNO/c1-5-11(4)16-9-12-8-13(15)6-7-14(12)17-10(2)3/h6-8,10-11,16H,5,9H2,1-4H3. The molecule has 1 atom stereocenters. The molecular formula is C14H22BrNO. The van der Waals surface area contributed by atoms with Crippen LogP contribution in [0.25, 0.3) is 0 Å². The summed E-state index contributed by atoms with van der Waals surface area (Å²) in [5.74, 6) is 0.971. The van der Waals surface area contributed by atoms with E-state index >= 15 is 0 Å². The summed E-state index contributed by atoms with van der Waals surface area (Å²) in [6.07, 6.45) is 1.34. The number of hydrogen-bond donors (Lipinski definition) is 1. The molecule has 0 bridgehead atoms. The van der Waals surface area contributed by atoms with Gasteiger partial charge in [-0.15, -0.1) is 0 Å². The summed E-state index contributed by atoms with van der Waals surface area (Å²) in [4.78, 5) is 0. The lowest BCUT2D eigenvalue weighted by Gasteiger charge is -2.17. The van der Waals surface area contributed by atoms with Gasteiger partial charge in [0.2, 0.25) is 0 Å². The molecule has 0 saturated heterocycles. The Morgan fingerprint density at radius 2 is 2.00 bits per heavy atom. The number of ether oxygens (including phenoxy) is 1. The topological polar surface area (TPSA) is 21.3 Å². The van der Waals surface area contributed by atoms with Gasteiger partial charge in [0.05, 0.1) is 6.10 Å². The molecule has 0 aliphatic rings. The SMILES string of the molecule is CCC(C)NCc1cc(Br)ccc1OC(C)C. The Bertz CT molecular complexity index is 352. The van der Waals surface area contributed by atoms with Gasteiger partial charge in [-0.1, -0.05) is 22.9 Å². The highest BCUT2D eigenvalue weighted by Gasteiger charge is 2.07. The fraction of sp³-hybridized carbons (Fsp3) is 0.571. The zero-order valence-corrected chi connectivity index (χ0v) is 12.7. The van der Waals surface area contributed by atoms with Crippen LogP contribution in [0.4, 0.5) is 0 Å². The minimum atomic E-state index is 0.207. The molecule has 0 aliphatic heterocycles. The van der Waals surface area contributed by atoms with Crippen LogP contribution in [0, 0.1) is 0 Å². The first-order valence-electron chi connectivity index (χ1n) is 6.21. The molecule has 0 aromatic heterocycles. The summed E-state index contributed by atoms with van der Waals surface area (Å²) in [6.45, 7) is 9.32. The third-order valence-corrected chi connectivity index (χ3v) is 3.13. The number of hydrogen-bond acceptors (Lipinski definition) is 2. The van der Waals surface area contributed by atoms with E-state index in [1.165, 1.54) is 5.56 Å². The van der Waals surface area contributed by atoms with Gasteiger partial charge in [-0.2, -0.15) is 0 Å². The van der Waals surface area contributed by atoms with Crippen LogP contribution in [0.2, 0.25) is 0 Å². The van der Waals surface area contributed by atoms with Gasteiger partial charge in [0.15, 0.2) is 0 Å². The zero-order chi connectivity index (χ0) is 12.8. The van der Waals surface area contributed by atoms with Crippen molar-refractivity contribution in [2.75, 3.05) is 0 Å². The molecule has 1 aromatic rings. The quantitative estimate of drug-likeness (QED) is 0.853. The van der Waals surface area contributed by atoms with Crippen LogP contribution in [0.5, 0.6) is 5.75 Å². The largest absolute Gasteiger partial charge is 0.491 e. The molecule has 96 valence electrons.